The molecular weight excluding hydrogens is 200 g/mol. The molecule has 96 valence electrons. The molecule has 0 bridgehead atoms. The fraction of sp³-hybridized carbons (Fsp3) is 1.00. The van der Waals surface area contributed by atoms with Crippen LogP contribution < -0.4 is 5.32 Å². The smallest absolute Gasteiger partial charge is 0.0698 e. The van der Waals surface area contributed by atoms with Crippen molar-refractivity contribution in [3.8, 4) is 0 Å². The van der Waals surface area contributed by atoms with Crippen molar-refractivity contribution >= 4 is 0 Å². The van der Waals surface area contributed by atoms with Crippen molar-refractivity contribution in [1.29, 1.82) is 0 Å². The number of rotatable bonds is 7. The van der Waals surface area contributed by atoms with Gasteiger partial charge in [-0.1, -0.05) is 13.8 Å². The lowest BCUT2D eigenvalue weighted by Crippen LogP contribution is -2.40. The number of methoxy groups -OCH3 is 1. The van der Waals surface area contributed by atoms with Crippen molar-refractivity contribution < 1.29 is 4.74 Å². The molecule has 0 spiro atoms. The Morgan fingerprint density at radius 2 is 2.25 bits per heavy atom. The monoisotopic (exact) mass is 228 g/mol. The van der Waals surface area contributed by atoms with Crippen molar-refractivity contribution in [3.63, 3.8) is 0 Å². The Kier molecular flexibility index (Phi) is 7.01. The molecule has 16 heavy (non-hydrogen) atoms. The first kappa shape index (κ1) is 13.9. The predicted molar refractivity (Wildman–Crippen MR) is 68.8 cm³/mol. The second kappa shape index (κ2) is 8.04. The average molecular weight is 228 g/mol. The Labute approximate surface area is 101 Å². The highest BCUT2D eigenvalue weighted by Crippen LogP contribution is 2.12. The molecule has 0 aliphatic carbocycles. The zero-order chi connectivity index (χ0) is 11.8. The van der Waals surface area contributed by atoms with Crippen LogP contribution in [0, 0.1) is 5.92 Å². The van der Waals surface area contributed by atoms with Crippen molar-refractivity contribution in [2.45, 2.75) is 39.2 Å². The van der Waals surface area contributed by atoms with Gasteiger partial charge in [-0.05, 0) is 51.4 Å². The lowest BCUT2D eigenvalue weighted by Gasteiger charge is -2.31. The van der Waals surface area contributed by atoms with Crippen molar-refractivity contribution in [3.05, 3.63) is 0 Å². The van der Waals surface area contributed by atoms with Crippen molar-refractivity contribution in [2.75, 3.05) is 39.8 Å². The third-order valence-electron chi connectivity index (χ3n) is 3.18. The van der Waals surface area contributed by atoms with Crippen LogP contribution >= 0.6 is 0 Å². The summed E-state index contributed by atoms with van der Waals surface area (Å²) in [6.45, 7) is 10.4. The summed E-state index contributed by atoms with van der Waals surface area (Å²) in [5, 5.41) is 3.49. The normalized spacial score (nSPS) is 22.9. The maximum absolute atomic E-state index is 5.42. The minimum Gasteiger partial charge on any atom is -0.380 e. The van der Waals surface area contributed by atoms with Crippen LogP contribution in [-0.4, -0.2) is 50.8 Å². The summed E-state index contributed by atoms with van der Waals surface area (Å²) in [5.41, 5.74) is 0. The first-order valence-corrected chi connectivity index (χ1v) is 6.68. The third kappa shape index (κ3) is 5.83. The standard InChI is InChI=1S/C13H28N2O/c1-12(2)10-14-7-5-9-15-8-4-6-13(11-15)16-3/h12-14H,4-11H2,1-3H3. The summed E-state index contributed by atoms with van der Waals surface area (Å²) in [6.07, 6.45) is 4.25. The van der Waals surface area contributed by atoms with E-state index in [0.717, 1.165) is 25.6 Å². The molecule has 1 aliphatic heterocycles. The molecule has 0 amide bonds. The van der Waals surface area contributed by atoms with Crippen LogP contribution in [0.1, 0.15) is 33.1 Å². The zero-order valence-electron chi connectivity index (χ0n) is 11.2. The molecule has 1 N–H and O–H groups in total. The molecule has 0 aromatic heterocycles. The maximum atomic E-state index is 5.42. The van der Waals surface area contributed by atoms with E-state index in [0.29, 0.717) is 6.10 Å². The van der Waals surface area contributed by atoms with E-state index in [9.17, 15) is 0 Å². The molecule has 0 saturated carbocycles. The molecule has 1 heterocycles. The second-order valence-electron chi connectivity index (χ2n) is 5.25. The highest BCUT2D eigenvalue weighted by atomic mass is 16.5. The molecule has 1 fully saturated rings. The van der Waals surface area contributed by atoms with Gasteiger partial charge in [-0.15, -0.1) is 0 Å². The Balaban J connectivity index is 1.99. The summed E-state index contributed by atoms with van der Waals surface area (Å²) in [4.78, 5) is 2.54. The van der Waals surface area contributed by atoms with Crippen LogP contribution in [0.25, 0.3) is 0 Å². The first-order chi connectivity index (χ1) is 7.72. The van der Waals surface area contributed by atoms with Gasteiger partial charge >= 0.3 is 0 Å². The first-order valence-electron chi connectivity index (χ1n) is 6.68. The molecule has 0 aromatic rings. The molecular formula is C13H28N2O. The summed E-state index contributed by atoms with van der Waals surface area (Å²) in [5.74, 6) is 0.757. The van der Waals surface area contributed by atoms with Crippen LogP contribution in [0.15, 0.2) is 0 Å². The van der Waals surface area contributed by atoms with Gasteiger partial charge in [0.05, 0.1) is 6.10 Å². The van der Waals surface area contributed by atoms with E-state index in [-0.39, 0.29) is 0 Å². The van der Waals surface area contributed by atoms with Gasteiger partial charge in [0.1, 0.15) is 0 Å². The molecule has 1 atom stereocenters. The van der Waals surface area contributed by atoms with Gasteiger partial charge in [-0.3, -0.25) is 0 Å². The highest BCUT2D eigenvalue weighted by Gasteiger charge is 2.18. The van der Waals surface area contributed by atoms with Gasteiger partial charge in [-0.25, -0.2) is 0 Å². The van der Waals surface area contributed by atoms with Gasteiger partial charge in [0, 0.05) is 13.7 Å². The Hall–Kier alpha value is -0.120. The largest absolute Gasteiger partial charge is 0.380 e. The fourth-order valence-electron chi connectivity index (χ4n) is 2.23. The SMILES string of the molecule is COC1CCCN(CCCNCC(C)C)C1. The third-order valence-corrected chi connectivity index (χ3v) is 3.18. The maximum Gasteiger partial charge on any atom is 0.0698 e. The van der Waals surface area contributed by atoms with E-state index in [1.54, 1.807) is 0 Å². The van der Waals surface area contributed by atoms with Gasteiger partial charge in [-0.2, -0.15) is 0 Å². The lowest BCUT2D eigenvalue weighted by molar-refractivity contribution is 0.0311. The molecule has 1 aliphatic rings. The van der Waals surface area contributed by atoms with Crippen LogP contribution in [0.5, 0.6) is 0 Å². The summed E-state index contributed by atoms with van der Waals surface area (Å²) >= 11 is 0. The highest BCUT2D eigenvalue weighted by molar-refractivity contribution is 4.73. The molecule has 1 unspecified atom stereocenters. The van der Waals surface area contributed by atoms with E-state index >= 15 is 0 Å². The van der Waals surface area contributed by atoms with E-state index in [4.69, 9.17) is 4.74 Å². The second-order valence-corrected chi connectivity index (χ2v) is 5.25. The van der Waals surface area contributed by atoms with E-state index in [1.165, 1.54) is 32.4 Å². The summed E-state index contributed by atoms with van der Waals surface area (Å²) < 4.78 is 5.42. The molecule has 0 radical (unpaired) electrons. The van der Waals surface area contributed by atoms with Crippen LogP contribution in [0.4, 0.5) is 0 Å². The summed E-state index contributed by atoms with van der Waals surface area (Å²) in [7, 11) is 1.83. The van der Waals surface area contributed by atoms with Gasteiger partial charge in [0.25, 0.3) is 0 Å². The van der Waals surface area contributed by atoms with Crippen LogP contribution in [0.2, 0.25) is 0 Å². The van der Waals surface area contributed by atoms with Crippen molar-refractivity contribution in [1.82, 2.24) is 10.2 Å². The Bertz CT molecular complexity index is 173. The molecule has 3 heteroatoms. The number of hydrogen-bond donors (Lipinski definition) is 1. The van der Waals surface area contributed by atoms with Crippen LogP contribution in [0.3, 0.4) is 0 Å². The number of hydrogen-bond acceptors (Lipinski definition) is 3. The van der Waals surface area contributed by atoms with Crippen LogP contribution in [-0.2, 0) is 4.74 Å². The average Bonchev–Trinajstić information content (AvgIpc) is 2.28. The van der Waals surface area contributed by atoms with Gasteiger partial charge < -0.3 is 15.0 Å². The number of nitrogens with zero attached hydrogens (tertiary/aromatic N) is 1. The minimum atomic E-state index is 0.470. The van der Waals surface area contributed by atoms with Gasteiger partial charge in [0.15, 0.2) is 0 Å². The van der Waals surface area contributed by atoms with E-state index in [2.05, 4.69) is 24.1 Å². The molecule has 0 aromatic carbocycles. The number of piperidine rings is 1. The fourth-order valence-corrected chi connectivity index (χ4v) is 2.23. The Morgan fingerprint density at radius 1 is 1.44 bits per heavy atom. The zero-order valence-corrected chi connectivity index (χ0v) is 11.2. The van der Waals surface area contributed by atoms with Gasteiger partial charge in [0.2, 0.25) is 0 Å². The predicted octanol–water partition coefficient (Wildman–Crippen LogP) is 1.73. The molecule has 1 saturated heterocycles. The topological polar surface area (TPSA) is 24.5 Å². The van der Waals surface area contributed by atoms with Crippen molar-refractivity contribution in [2.24, 2.45) is 5.92 Å². The molecule has 3 nitrogen and oxygen atoms in total. The number of ether oxygens (including phenoxy) is 1. The van der Waals surface area contributed by atoms with E-state index < -0.39 is 0 Å². The lowest BCUT2D eigenvalue weighted by atomic mass is 10.1. The molecule has 1 rings (SSSR count). The number of likely N-dealkylation sites (tertiary alicyclic amines) is 1. The Morgan fingerprint density at radius 3 is 2.94 bits per heavy atom. The quantitative estimate of drug-likeness (QED) is 0.672. The minimum absolute atomic E-state index is 0.470. The number of nitrogens with one attached hydrogen (secondary N) is 1. The summed E-state index contributed by atoms with van der Waals surface area (Å²) in [6, 6.07) is 0. The van der Waals surface area contributed by atoms with E-state index in [1.807, 2.05) is 7.11 Å².